The standard InChI is InChI=1S/C19H24ClN5O2/c1-12-9-15(17(27-4)11-14(12)20)22-18(26)16-10-13(2)21-19(23-16)25-7-5-24(3)6-8-25/h9-11H,5-8H2,1-4H3,(H,22,26). The Bertz CT molecular complexity index is 850. The number of aryl methyl sites for hydroxylation is 2. The molecule has 0 unspecified atom stereocenters. The van der Waals surface area contributed by atoms with Gasteiger partial charge < -0.3 is 19.9 Å². The molecule has 0 atom stereocenters. The zero-order valence-corrected chi connectivity index (χ0v) is 16.8. The number of ether oxygens (including phenoxy) is 1. The van der Waals surface area contributed by atoms with Gasteiger partial charge in [0.2, 0.25) is 5.95 Å². The van der Waals surface area contributed by atoms with Gasteiger partial charge in [0.25, 0.3) is 5.91 Å². The molecule has 3 rings (SSSR count). The number of hydrogen-bond acceptors (Lipinski definition) is 6. The van der Waals surface area contributed by atoms with Crippen molar-refractivity contribution in [3.05, 3.63) is 40.2 Å². The predicted molar refractivity (Wildman–Crippen MR) is 107 cm³/mol. The molecule has 1 fully saturated rings. The van der Waals surface area contributed by atoms with Gasteiger partial charge in [-0.05, 0) is 38.6 Å². The Morgan fingerprint density at radius 1 is 1.15 bits per heavy atom. The van der Waals surface area contributed by atoms with Gasteiger partial charge in [-0.3, -0.25) is 4.79 Å². The number of nitrogens with zero attached hydrogens (tertiary/aromatic N) is 4. The lowest BCUT2D eigenvalue weighted by atomic mass is 10.2. The number of hydrogen-bond donors (Lipinski definition) is 1. The first-order chi connectivity index (χ1) is 12.9. The molecule has 1 aliphatic rings. The maximum absolute atomic E-state index is 12.8. The van der Waals surface area contributed by atoms with Gasteiger partial charge in [-0.1, -0.05) is 11.6 Å². The van der Waals surface area contributed by atoms with Crippen LogP contribution in [0.2, 0.25) is 5.02 Å². The first-order valence-corrected chi connectivity index (χ1v) is 9.20. The van der Waals surface area contributed by atoms with Gasteiger partial charge in [-0.2, -0.15) is 0 Å². The number of likely N-dealkylation sites (N-methyl/N-ethyl adjacent to an activating group) is 1. The number of anilines is 2. The van der Waals surface area contributed by atoms with E-state index in [-0.39, 0.29) is 5.91 Å². The number of carbonyl (C=O) groups is 1. The topological polar surface area (TPSA) is 70.6 Å². The Morgan fingerprint density at radius 2 is 1.85 bits per heavy atom. The van der Waals surface area contributed by atoms with Crippen LogP contribution in [-0.4, -0.2) is 61.1 Å². The molecule has 8 heteroatoms. The third-order valence-electron chi connectivity index (χ3n) is 4.59. The largest absolute Gasteiger partial charge is 0.495 e. The number of methoxy groups -OCH3 is 1. The summed E-state index contributed by atoms with van der Waals surface area (Å²) in [6.07, 6.45) is 0. The molecule has 1 saturated heterocycles. The SMILES string of the molecule is COc1cc(Cl)c(C)cc1NC(=O)c1cc(C)nc(N2CCN(C)CC2)n1. The molecule has 144 valence electrons. The lowest BCUT2D eigenvalue weighted by Crippen LogP contribution is -2.45. The quantitative estimate of drug-likeness (QED) is 0.867. The first kappa shape index (κ1) is 19.4. The van der Waals surface area contributed by atoms with Crippen LogP contribution in [0.25, 0.3) is 0 Å². The molecule has 2 aromatic rings. The van der Waals surface area contributed by atoms with Crippen molar-refractivity contribution in [2.24, 2.45) is 0 Å². The van der Waals surface area contributed by atoms with Gasteiger partial charge in [0.1, 0.15) is 11.4 Å². The summed E-state index contributed by atoms with van der Waals surface area (Å²) in [6.45, 7) is 7.30. The summed E-state index contributed by atoms with van der Waals surface area (Å²) < 4.78 is 5.33. The average Bonchev–Trinajstić information content (AvgIpc) is 2.64. The molecule has 7 nitrogen and oxygen atoms in total. The van der Waals surface area contributed by atoms with E-state index >= 15 is 0 Å². The van der Waals surface area contributed by atoms with Crippen molar-refractivity contribution >= 4 is 29.1 Å². The van der Waals surface area contributed by atoms with Crippen molar-refractivity contribution in [2.45, 2.75) is 13.8 Å². The Morgan fingerprint density at radius 3 is 2.52 bits per heavy atom. The number of piperazine rings is 1. The molecule has 1 aromatic heterocycles. The van der Waals surface area contributed by atoms with Crippen molar-refractivity contribution in [3.63, 3.8) is 0 Å². The van der Waals surface area contributed by atoms with Crippen molar-refractivity contribution in [3.8, 4) is 5.75 Å². The lowest BCUT2D eigenvalue weighted by molar-refractivity contribution is 0.102. The van der Waals surface area contributed by atoms with Gasteiger partial charge in [-0.15, -0.1) is 0 Å². The fourth-order valence-electron chi connectivity index (χ4n) is 2.93. The third-order valence-corrected chi connectivity index (χ3v) is 5.00. The van der Waals surface area contributed by atoms with Crippen LogP contribution in [0.5, 0.6) is 5.75 Å². The van der Waals surface area contributed by atoms with E-state index in [1.165, 1.54) is 7.11 Å². The van der Waals surface area contributed by atoms with Gasteiger partial charge in [0, 0.05) is 43.0 Å². The summed E-state index contributed by atoms with van der Waals surface area (Å²) in [4.78, 5) is 26.2. The van der Waals surface area contributed by atoms with E-state index in [1.54, 1.807) is 18.2 Å². The number of rotatable bonds is 4. The first-order valence-electron chi connectivity index (χ1n) is 8.82. The van der Waals surface area contributed by atoms with Gasteiger partial charge in [-0.25, -0.2) is 9.97 Å². The number of benzene rings is 1. The molecule has 1 aliphatic heterocycles. The average molecular weight is 390 g/mol. The Hall–Kier alpha value is -2.38. The molecular formula is C19H24ClN5O2. The highest BCUT2D eigenvalue weighted by molar-refractivity contribution is 6.31. The highest BCUT2D eigenvalue weighted by atomic mass is 35.5. The van der Waals surface area contributed by atoms with E-state index in [4.69, 9.17) is 16.3 Å². The zero-order chi connectivity index (χ0) is 19.6. The predicted octanol–water partition coefficient (Wildman–Crippen LogP) is 2.76. The minimum atomic E-state index is -0.309. The number of nitrogens with one attached hydrogen (secondary N) is 1. The maximum Gasteiger partial charge on any atom is 0.274 e. The molecule has 0 bridgehead atoms. The number of aromatic nitrogens is 2. The van der Waals surface area contributed by atoms with E-state index in [9.17, 15) is 4.79 Å². The van der Waals surface area contributed by atoms with Crippen LogP contribution in [0.3, 0.4) is 0 Å². The van der Waals surface area contributed by atoms with Crippen molar-refractivity contribution in [1.29, 1.82) is 0 Å². The normalized spacial score (nSPS) is 14.9. The summed E-state index contributed by atoms with van der Waals surface area (Å²) in [5.74, 6) is 0.785. The van der Waals surface area contributed by atoms with Crippen molar-refractivity contribution in [2.75, 3.05) is 50.6 Å². The van der Waals surface area contributed by atoms with Crippen LogP contribution in [0.4, 0.5) is 11.6 Å². The van der Waals surface area contributed by atoms with E-state index in [0.717, 1.165) is 37.4 Å². The summed E-state index contributed by atoms with van der Waals surface area (Å²) in [7, 11) is 3.63. The van der Waals surface area contributed by atoms with Crippen LogP contribution in [0.15, 0.2) is 18.2 Å². The van der Waals surface area contributed by atoms with Crippen LogP contribution in [-0.2, 0) is 0 Å². The highest BCUT2D eigenvalue weighted by Crippen LogP contribution is 2.31. The van der Waals surface area contributed by atoms with Gasteiger partial charge >= 0.3 is 0 Å². The number of carbonyl (C=O) groups excluding carboxylic acids is 1. The van der Waals surface area contributed by atoms with Gasteiger partial charge in [0.15, 0.2) is 0 Å². The molecule has 0 aliphatic carbocycles. The smallest absolute Gasteiger partial charge is 0.274 e. The fraction of sp³-hybridized carbons (Fsp3) is 0.421. The minimum absolute atomic E-state index is 0.309. The van der Waals surface area contributed by atoms with E-state index < -0.39 is 0 Å². The molecular weight excluding hydrogens is 366 g/mol. The Balaban J connectivity index is 1.84. The molecule has 27 heavy (non-hydrogen) atoms. The summed E-state index contributed by atoms with van der Waals surface area (Å²) in [5, 5.41) is 3.45. The summed E-state index contributed by atoms with van der Waals surface area (Å²) >= 11 is 6.13. The minimum Gasteiger partial charge on any atom is -0.495 e. The molecule has 0 radical (unpaired) electrons. The maximum atomic E-state index is 12.8. The van der Waals surface area contributed by atoms with Crippen molar-refractivity contribution in [1.82, 2.24) is 14.9 Å². The van der Waals surface area contributed by atoms with Gasteiger partial charge in [0.05, 0.1) is 12.8 Å². The zero-order valence-electron chi connectivity index (χ0n) is 16.0. The second kappa shape index (κ2) is 8.10. The second-order valence-corrected chi connectivity index (χ2v) is 7.15. The molecule has 0 spiro atoms. The molecule has 1 amide bonds. The molecule has 1 aromatic carbocycles. The van der Waals surface area contributed by atoms with E-state index in [1.807, 2.05) is 13.8 Å². The fourth-order valence-corrected chi connectivity index (χ4v) is 3.09. The van der Waals surface area contributed by atoms with Crippen LogP contribution in [0.1, 0.15) is 21.7 Å². The second-order valence-electron chi connectivity index (χ2n) is 6.74. The molecule has 1 N–H and O–H groups in total. The highest BCUT2D eigenvalue weighted by Gasteiger charge is 2.20. The van der Waals surface area contributed by atoms with Crippen LogP contribution >= 0.6 is 11.6 Å². The van der Waals surface area contributed by atoms with E-state index in [2.05, 4.69) is 32.1 Å². The third kappa shape index (κ3) is 4.48. The van der Waals surface area contributed by atoms with Crippen LogP contribution in [0, 0.1) is 13.8 Å². The lowest BCUT2D eigenvalue weighted by Gasteiger charge is -2.32. The number of amides is 1. The van der Waals surface area contributed by atoms with E-state index in [0.29, 0.717) is 28.1 Å². The Labute approximate surface area is 164 Å². The molecule has 0 saturated carbocycles. The summed E-state index contributed by atoms with van der Waals surface area (Å²) in [6, 6.07) is 5.16. The summed E-state index contributed by atoms with van der Waals surface area (Å²) in [5.41, 5.74) is 2.49. The monoisotopic (exact) mass is 389 g/mol. The Kier molecular flexibility index (Phi) is 5.82. The number of halogens is 1. The molecule has 2 heterocycles. The van der Waals surface area contributed by atoms with Crippen LogP contribution < -0.4 is 15.0 Å². The van der Waals surface area contributed by atoms with Crippen molar-refractivity contribution < 1.29 is 9.53 Å².